The summed E-state index contributed by atoms with van der Waals surface area (Å²) in [6.45, 7) is 5.56. The SMILES string of the molecule is CC(OCC1CCCO1)C(=O)NC(C)(C)C(=O)O. The van der Waals surface area contributed by atoms with E-state index < -0.39 is 23.5 Å². The Morgan fingerprint density at radius 3 is 2.72 bits per heavy atom. The van der Waals surface area contributed by atoms with Crippen molar-refractivity contribution in [1.29, 1.82) is 0 Å². The van der Waals surface area contributed by atoms with E-state index >= 15 is 0 Å². The van der Waals surface area contributed by atoms with E-state index in [4.69, 9.17) is 14.6 Å². The highest BCUT2D eigenvalue weighted by Gasteiger charge is 2.31. The molecule has 0 saturated carbocycles. The first-order chi connectivity index (χ1) is 8.33. The topological polar surface area (TPSA) is 84.9 Å². The molecule has 2 unspecified atom stereocenters. The molecule has 104 valence electrons. The average Bonchev–Trinajstić information content (AvgIpc) is 2.77. The normalized spacial score (nSPS) is 21.6. The maximum Gasteiger partial charge on any atom is 0.328 e. The molecule has 1 rings (SSSR count). The number of carbonyl (C=O) groups is 2. The molecule has 1 aliphatic heterocycles. The Kier molecular flexibility index (Phi) is 5.10. The molecular weight excluding hydrogens is 238 g/mol. The first kappa shape index (κ1) is 14.9. The molecule has 0 aromatic heterocycles. The van der Waals surface area contributed by atoms with Gasteiger partial charge in [0, 0.05) is 6.61 Å². The van der Waals surface area contributed by atoms with Gasteiger partial charge >= 0.3 is 5.97 Å². The maximum atomic E-state index is 11.7. The fraction of sp³-hybridized carbons (Fsp3) is 0.833. The predicted molar refractivity (Wildman–Crippen MR) is 64.2 cm³/mol. The average molecular weight is 259 g/mol. The van der Waals surface area contributed by atoms with Gasteiger partial charge in [-0.1, -0.05) is 0 Å². The number of hydrogen-bond acceptors (Lipinski definition) is 4. The lowest BCUT2D eigenvalue weighted by Gasteiger charge is -2.24. The fourth-order valence-electron chi connectivity index (χ4n) is 1.57. The van der Waals surface area contributed by atoms with Gasteiger partial charge in [0.15, 0.2) is 0 Å². The van der Waals surface area contributed by atoms with Crippen LogP contribution < -0.4 is 5.32 Å². The summed E-state index contributed by atoms with van der Waals surface area (Å²) in [5, 5.41) is 11.3. The first-order valence-corrected chi connectivity index (χ1v) is 6.11. The van der Waals surface area contributed by atoms with Crippen molar-refractivity contribution in [2.45, 2.75) is 51.4 Å². The number of hydrogen-bond donors (Lipinski definition) is 2. The molecule has 18 heavy (non-hydrogen) atoms. The number of aliphatic carboxylic acids is 1. The zero-order valence-electron chi connectivity index (χ0n) is 11.1. The Morgan fingerprint density at radius 1 is 1.56 bits per heavy atom. The van der Waals surface area contributed by atoms with Gasteiger partial charge in [0.25, 0.3) is 0 Å². The third-order valence-electron chi connectivity index (χ3n) is 2.90. The second kappa shape index (κ2) is 6.15. The van der Waals surface area contributed by atoms with Crippen molar-refractivity contribution in [1.82, 2.24) is 5.32 Å². The molecule has 2 atom stereocenters. The number of rotatable bonds is 6. The second-order valence-corrected chi connectivity index (χ2v) is 5.03. The highest BCUT2D eigenvalue weighted by molar-refractivity contribution is 5.88. The molecule has 1 aliphatic rings. The van der Waals surface area contributed by atoms with Crippen molar-refractivity contribution in [2.75, 3.05) is 13.2 Å². The number of ether oxygens (including phenoxy) is 2. The molecule has 6 nitrogen and oxygen atoms in total. The van der Waals surface area contributed by atoms with Crippen LogP contribution in [-0.2, 0) is 19.1 Å². The largest absolute Gasteiger partial charge is 0.480 e. The van der Waals surface area contributed by atoms with Crippen LogP contribution in [0.1, 0.15) is 33.6 Å². The van der Waals surface area contributed by atoms with Gasteiger partial charge < -0.3 is 19.9 Å². The molecule has 2 N–H and O–H groups in total. The lowest BCUT2D eigenvalue weighted by atomic mass is 10.1. The van der Waals surface area contributed by atoms with Gasteiger partial charge in [-0.15, -0.1) is 0 Å². The Labute approximate surface area is 107 Å². The Balaban J connectivity index is 2.34. The molecule has 0 aromatic carbocycles. The number of nitrogens with one attached hydrogen (secondary N) is 1. The summed E-state index contributed by atoms with van der Waals surface area (Å²) < 4.78 is 10.8. The quantitative estimate of drug-likeness (QED) is 0.727. The van der Waals surface area contributed by atoms with Crippen LogP contribution in [0, 0.1) is 0 Å². The van der Waals surface area contributed by atoms with E-state index in [0.717, 1.165) is 19.4 Å². The smallest absolute Gasteiger partial charge is 0.328 e. The van der Waals surface area contributed by atoms with E-state index in [1.165, 1.54) is 13.8 Å². The van der Waals surface area contributed by atoms with E-state index in [2.05, 4.69) is 5.32 Å². The zero-order chi connectivity index (χ0) is 13.8. The van der Waals surface area contributed by atoms with Gasteiger partial charge in [-0.3, -0.25) is 4.79 Å². The molecule has 1 amide bonds. The highest BCUT2D eigenvalue weighted by atomic mass is 16.5. The van der Waals surface area contributed by atoms with E-state index in [1.54, 1.807) is 6.92 Å². The van der Waals surface area contributed by atoms with Crippen molar-refractivity contribution in [3.8, 4) is 0 Å². The number of carboxylic acids is 1. The number of amides is 1. The summed E-state index contributed by atoms with van der Waals surface area (Å²) in [7, 11) is 0. The van der Waals surface area contributed by atoms with Crippen LogP contribution in [0.5, 0.6) is 0 Å². The van der Waals surface area contributed by atoms with Gasteiger partial charge in [0.2, 0.25) is 5.91 Å². The van der Waals surface area contributed by atoms with Crippen molar-refractivity contribution < 1.29 is 24.2 Å². The molecular formula is C12H21NO5. The lowest BCUT2D eigenvalue weighted by Crippen LogP contribution is -2.52. The minimum Gasteiger partial charge on any atom is -0.480 e. The van der Waals surface area contributed by atoms with E-state index in [9.17, 15) is 9.59 Å². The molecule has 0 radical (unpaired) electrons. The second-order valence-electron chi connectivity index (χ2n) is 5.03. The third-order valence-corrected chi connectivity index (χ3v) is 2.90. The van der Waals surface area contributed by atoms with Crippen LogP contribution in [-0.4, -0.2) is 47.9 Å². The van der Waals surface area contributed by atoms with Gasteiger partial charge in [0.05, 0.1) is 12.7 Å². The Bertz CT molecular complexity index is 310. The molecule has 0 spiro atoms. The summed E-state index contributed by atoms with van der Waals surface area (Å²) in [6.07, 6.45) is 1.32. The Morgan fingerprint density at radius 2 is 2.22 bits per heavy atom. The summed E-state index contributed by atoms with van der Waals surface area (Å²) in [5.41, 5.74) is -1.29. The van der Waals surface area contributed by atoms with E-state index in [0.29, 0.717) is 6.61 Å². The standard InChI is InChI=1S/C12H21NO5/c1-8(18-7-9-5-4-6-17-9)10(14)13-12(2,3)11(15)16/h8-9H,4-7H2,1-3H3,(H,13,14)(H,15,16). The maximum absolute atomic E-state index is 11.7. The molecule has 0 bridgehead atoms. The Hall–Kier alpha value is -1.14. The number of carboxylic acid groups (broad SMARTS) is 1. The fourth-order valence-corrected chi connectivity index (χ4v) is 1.57. The summed E-state index contributed by atoms with van der Waals surface area (Å²) in [4.78, 5) is 22.6. The monoisotopic (exact) mass is 259 g/mol. The number of carbonyl (C=O) groups excluding carboxylic acids is 1. The van der Waals surface area contributed by atoms with Crippen LogP contribution in [0.3, 0.4) is 0 Å². The van der Waals surface area contributed by atoms with Crippen molar-refractivity contribution in [2.24, 2.45) is 0 Å². The van der Waals surface area contributed by atoms with Crippen molar-refractivity contribution in [3.05, 3.63) is 0 Å². The van der Waals surface area contributed by atoms with Crippen molar-refractivity contribution in [3.63, 3.8) is 0 Å². The first-order valence-electron chi connectivity index (χ1n) is 6.11. The molecule has 1 fully saturated rings. The van der Waals surface area contributed by atoms with Crippen LogP contribution in [0.15, 0.2) is 0 Å². The summed E-state index contributed by atoms with van der Waals surface area (Å²) in [5.74, 6) is -1.51. The van der Waals surface area contributed by atoms with E-state index in [-0.39, 0.29) is 6.10 Å². The van der Waals surface area contributed by atoms with Crippen LogP contribution in [0.2, 0.25) is 0 Å². The van der Waals surface area contributed by atoms with Crippen LogP contribution in [0.25, 0.3) is 0 Å². The van der Waals surface area contributed by atoms with Gasteiger partial charge in [-0.25, -0.2) is 4.79 Å². The van der Waals surface area contributed by atoms with Gasteiger partial charge in [0.1, 0.15) is 11.6 Å². The van der Waals surface area contributed by atoms with Crippen LogP contribution >= 0.6 is 0 Å². The molecule has 6 heteroatoms. The molecule has 1 saturated heterocycles. The summed E-state index contributed by atoms with van der Waals surface area (Å²) >= 11 is 0. The van der Waals surface area contributed by atoms with Crippen molar-refractivity contribution >= 4 is 11.9 Å². The minimum atomic E-state index is -1.29. The van der Waals surface area contributed by atoms with Gasteiger partial charge in [-0.05, 0) is 33.6 Å². The molecule has 1 heterocycles. The molecule has 0 aliphatic carbocycles. The lowest BCUT2D eigenvalue weighted by molar-refractivity contribution is -0.148. The third kappa shape index (κ3) is 4.27. The van der Waals surface area contributed by atoms with Gasteiger partial charge in [-0.2, -0.15) is 0 Å². The highest BCUT2D eigenvalue weighted by Crippen LogP contribution is 2.13. The molecule has 0 aromatic rings. The minimum absolute atomic E-state index is 0.0488. The van der Waals surface area contributed by atoms with Crippen LogP contribution in [0.4, 0.5) is 0 Å². The zero-order valence-corrected chi connectivity index (χ0v) is 11.1. The van der Waals surface area contributed by atoms with E-state index in [1.807, 2.05) is 0 Å². The predicted octanol–water partition coefficient (Wildman–Crippen LogP) is 0.550. The summed E-state index contributed by atoms with van der Waals surface area (Å²) in [6, 6.07) is 0.